The molecule has 354 valence electrons. The van der Waals surface area contributed by atoms with Crippen LogP contribution in [0.1, 0.15) is 232 Å². The Morgan fingerprint density at radius 1 is 0.500 bits per heavy atom. The molecular formula is C50H96NO8P. The van der Waals surface area contributed by atoms with E-state index in [-0.39, 0.29) is 26.1 Å². The fourth-order valence-corrected chi connectivity index (χ4v) is 7.71. The molecule has 0 N–H and O–H groups in total. The van der Waals surface area contributed by atoms with Gasteiger partial charge in [0.15, 0.2) is 6.10 Å². The van der Waals surface area contributed by atoms with Gasteiger partial charge in [-0.1, -0.05) is 186 Å². The van der Waals surface area contributed by atoms with Gasteiger partial charge >= 0.3 is 11.9 Å². The van der Waals surface area contributed by atoms with Gasteiger partial charge in [-0.05, 0) is 57.8 Å². The summed E-state index contributed by atoms with van der Waals surface area (Å²) >= 11 is 0. The zero-order chi connectivity index (χ0) is 44.3. The lowest BCUT2D eigenvalue weighted by atomic mass is 10.0. The summed E-state index contributed by atoms with van der Waals surface area (Å²) < 4.78 is 33.9. The number of unbranched alkanes of at least 4 members (excludes halogenated alkanes) is 28. The van der Waals surface area contributed by atoms with Crippen LogP contribution in [0.25, 0.3) is 0 Å². The third-order valence-electron chi connectivity index (χ3n) is 10.9. The Labute approximate surface area is 370 Å². The van der Waals surface area contributed by atoms with Gasteiger partial charge in [0.2, 0.25) is 0 Å². The molecule has 0 aromatic rings. The molecule has 0 aliphatic heterocycles. The highest BCUT2D eigenvalue weighted by Gasteiger charge is 2.21. The van der Waals surface area contributed by atoms with Crippen molar-refractivity contribution >= 4 is 19.8 Å². The van der Waals surface area contributed by atoms with Gasteiger partial charge in [0, 0.05) is 12.8 Å². The molecule has 2 atom stereocenters. The number of carbonyl (C=O) groups is 2. The Hall–Kier alpha value is -1.51. The zero-order valence-corrected chi connectivity index (χ0v) is 40.8. The molecule has 0 aromatic carbocycles. The van der Waals surface area contributed by atoms with E-state index in [1.165, 1.54) is 135 Å². The van der Waals surface area contributed by atoms with Gasteiger partial charge in [0.25, 0.3) is 7.82 Å². The lowest BCUT2D eigenvalue weighted by Gasteiger charge is -2.28. The van der Waals surface area contributed by atoms with Crippen molar-refractivity contribution in [3.05, 3.63) is 24.3 Å². The largest absolute Gasteiger partial charge is 0.756 e. The molecule has 0 bridgehead atoms. The van der Waals surface area contributed by atoms with Crippen molar-refractivity contribution in [3.63, 3.8) is 0 Å². The summed E-state index contributed by atoms with van der Waals surface area (Å²) in [5.74, 6) is -0.838. The SMILES string of the molecule is CCCC/C=C\CCCCCCCC(=O)OCC(COP(=O)([O-])OCC[N+](C)(C)C)OC(=O)CCCCCCCCCCCCCCC/C=C\CCCCCCCCCC. The predicted molar refractivity (Wildman–Crippen MR) is 250 cm³/mol. The third kappa shape index (κ3) is 46.0. The van der Waals surface area contributed by atoms with Gasteiger partial charge in [-0.15, -0.1) is 0 Å². The first-order chi connectivity index (χ1) is 29.0. The summed E-state index contributed by atoms with van der Waals surface area (Å²) in [5, 5.41) is 0. The van der Waals surface area contributed by atoms with Crippen LogP contribution in [-0.2, 0) is 32.7 Å². The summed E-state index contributed by atoms with van der Waals surface area (Å²) in [4.78, 5) is 37.6. The van der Waals surface area contributed by atoms with Crippen molar-refractivity contribution < 1.29 is 42.1 Å². The van der Waals surface area contributed by atoms with E-state index in [0.717, 1.165) is 64.2 Å². The topological polar surface area (TPSA) is 111 Å². The Morgan fingerprint density at radius 3 is 1.28 bits per heavy atom. The van der Waals surface area contributed by atoms with Crippen molar-refractivity contribution in [2.75, 3.05) is 47.5 Å². The smallest absolute Gasteiger partial charge is 0.306 e. The monoisotopic (exact) mass is 870 g/mol. The number of hydrogen-bond acceptors (Lipinski definition) is 8. The van der Waals surface area contributed by atoms with Gasteiger partial charge in [0.1, 0.15) is 19.8 Å². The number of ether oxygens (including phenoxy) is 2. The second-order valence-corrected chi connectivity index (χ2v) is 19.6. The molecule has 0 saturated heterocycles. The van der Waals surface area contributed by atoms with E-state index in [9.17, 15) is 19.0 Å². The van der Waals surface area contributed by atoms with Crippen LogP contribution < -0.4 is 4.89 Å². The molecule has 0 rings (SSSR count). The highest BCUT2D eigenvalue weighted by Crippen LogP contribution is 2.38. The number of hydrogen-bond donors (Lipinski definition) is 0. The fraction of sp³-hybridized carbons (Fsp3) is 0.880. The van der Waals surface area contributed by atoms with E-state index in [4.69, 9.17) is 18.5 Å². The standard InChI is InChI=1S/C50H96NO8P/c1-6-8-10-12-14-16-18-19-20-21-22-23-24-25-26-27-28-29-30-31-33-35-37-39-41-43-50(53)59-48(47-58-60(54,55)57-45-44-51(3,4)5)46-56-49(52)42-40-38-36-34-32-17-15-13-11-9-7-2/h13,15,21-22,48H,6-12,14,16-20,23-47H2,1-5H3/b15-13-,22-21-. The molecule has 0 saturated carbocycles. The molecule has 0 spiro atoms. The maximum atomic E-state index is 12.7. The first-order valence-electron chi connectivity index (χ1n) is 25.0. The predicted octanol–water partition coefficient (Wildman–Crippen LogP) is 14.1. The molecule has 0 aromatic heterocycles. The van der Waals surface area contributed by atoms with E-state index in [0.29, 0.717) is 17.4 Å². The maximum absolute atomic E-state index is 12.7. The lowest BCUT2D eigenvalue weighted by Crippen LogP contribution is -2.37. The molecule has 0 aliphatic carbocycles. The second kappa shape index (κ2) is 42.8. The number of allylic oxidation sites excluding steroid dienone is 4. The number of nitrogens with zero attached hydrogens (tertiary/aromatic N) is 1. The van der Waals surface area contributed by atoms with Crippen molar-refractivity contribution in [2.24, 2.45) is 0 Å². The van der Waals surface area contributed by atoms with Gasteiger partial charge in [0.05, 0.1) is 27.7 Å². The van der Waals surface area contributed by atoms with Crippen LogP contribution in [0.4, 0.5) is 0 Å². The normalized spacial score (nSPS) is 13.6. The Bertz CT molecular complexity index is 1070. The van der Waals surface area contributed by atoms with Crippen LogP contribution in [-0.4, -0.2) is 70.0 Å². The minimum absolute atomic E-state index is 0.0305. The quantitative estimate of drug-likeness (QED) is 0.0195. The second-order valence-electron chi connectivity index (χ2n) is 18.2. The highest BCUT2D eigenvalue weighted by atomic mass is 31.2. The van der Waals surface area contributed by atoms with Crippen molar-refractivity contribution in [2.45, 2.75) is 238 Å². The summed E-state index contributed by atoms with van der Waals surface area (Å²) in [6.45, 7) is 4.20. The summed E-state index contributed by atoms with van der Waals surface area (Å²) in [6, 6.07) is 0. The van der Waals surface area contributed by atoms with Crippen molar-refractivity contribution in [1.82, 2.24) is 0 Å². The Morgan fingerprint density at radius 2 is 0.867 bits per heavy atom. The van der Waals surface area contributed by atoms with Crippen molar-refractivity contribution in [3.8, 4) is 0 Å². The first-order valence-corrected chi connectivity index (χ1v) is 26.5. The molecule has 9 nitrogen and oxygen atoms in total. The number of phosphoric acid groups is 1. The number of carbonyl (C=O) groups excluding carboxylic acids is 2. The number of esters is 2. The summed E-state index contributed by atoms with van der Waals surface area (Å²) in [7, 11) is 1.17. The molecule has 2 unspecified atom stereocenters. The molecule has 0 fully saturated rings. The lowest BCUT2D eigenvalue weighted by molar-refractivity contribution is -0.870. The van der Waals surface area contributed by atoms with Crippen LogP contribution >= 0.6 is 7.82 Å². The van der Waals surface area contributed by atoms with Crippen LogP contribution in [0.5, 0.6) is 0 Å². The maximum Gasteiger partial charge on any atom is 0.306 e. The fourth-order valence-electron chi connectivity index (χ4n) is 6.98. The summed E-state index contributed by atoms with van der Waals surface area (Å²) in [6.07, 6.45) is 47.9. The van der Waals surface area contributed by atoms with E-state index < -0.39 is 32.5 Å². The molecule has 0 heterocycles. The van der Waals surface area contributed by atoms with Crippen LogP contribution in [0.2, 0.25) is 0 Å². The minimum Gasteiger partial charge on any atom is -0.756 e. The van der Waals surface area contributed by atoms with E-state index in [1.807, 2.05) is 21.1 Å². The molecular weight excluding hydrogens is 774 g/mol. The van der Waals surface area contributed by atoms with Crippen LogP contribution in [0.15, 0.2) is 24.3 Å². The average Bonchev–Trinajstić information content (AvgIpc) is 3.20. The summed E-state index contributed by atoms with van der Waals surface area (Å²) in [5.41, 5.74) is 0. The average molecular weight is 870 g/mol. The molecule has 0 aliphatic rings. The van der Waals surface area contributed by atoms with E-state index in [2.05, 4.69) is 38.2 Å². The van der Waals surface area contributed by atoms with E-state index in [1.54, 1.807) is 0 Å². The Kier molecular flexibility index (Phi) is 41.7. The molecule has 0 radical (unpaired) electrons. The van der Waals surface area contributed by atoms with Crippen LogP contribution in [0, 0.1) is 0 Å². The number of quaternary nitrogens is 1. The van der Waals surface area contributed by atoms with Gasteiger partial charge < -0.3 is 27.9 Å². The number of phosphoric ester groups is 1. The van der Waals surface area contributed by atoms with Crippen LogP contribution in [0.3, 0.4) is 0 Å². The number of likely N-dealkylation sites (N-methyl/N-ethyl adjacent to an activating group) is 1. The zero-order valence-electron chi connectivity index (χ0n) is 39.9. The molecule has 0 amide bonds. The third-order valence-corrected chi connectivity index (χ3v) is 11.9. The minimum atomic E-state index is -4.62. The first kappa shape index (κ1) is 58.5. The van der Waals surface area contributed by atoms with Crippen molar-refractivity contribution in [1.29, 1.82) is 0 Å². The van der Waals surface area contributed by atoms with E-state index >= 15 is 0 Å². The van der Waals surface area contributed by atoms with Gasteiger partial charge in [-0.3, -0.25) is 14.2 Å². The molecule has 10 heteroatoms. The highest BCUT2D eigenvalue weighted by molar-refractivity contribution is 7.45. The van der Waals surface area contributed by atoms with Gasteiger partial charge in [-0.2, -0.15) is 0 Å². The number of rotatable bonds is 46. The Balaban J connectivity index is 4.14. The molecule has 60 heavy (non-hydrogen) atoms. The van der Waals surface area contributed by atoms with Gasteiger partial charge in [-0.25, -0.2) is 0 Å².